The van der Waals surface area contributed by atoms with Crippen LogP contribution in [0.2, 0.25) is 0 Å². The Kier molecular flexibility index (Phi) is 4.17. The molecular formula is C17H21N3O. The lowest BCUT2D eigenvalue weighted by Gasteiger charge is -2.15. The van der Waals surface area contributed by atoms with Crippen molar-refractivity contribution in [2.45, 2.75) is 13.8 Å². The molecule has 0 saturated carbocycles. The van der Waals surface area contributed by atoms with Gasteiger partial charge in [-0.2, -0.15) is 0 Å². The average Bonchev–Trinajstić information content (AvgIpc) is 2.47. The monoisotopic (exact) mass is 283 g/mol. The fourth-order valence-corrected chi connectivity index (χ4v) is 2.11. The van der Waals surface area contributed by atoms with Crippen LogP contribution < -0.4 is 16.0 Å². The molecular weight excluding hydrogens is 262 g/mol. The van der Waals surface area contributed by atoms with Gasteiger partial charge in [-0.3, -0.25) is 4.79 Å². The van der Waals surface area contributed by atoms with E-state index >= 15 is 0 Å². The van der Waals surface area contributed by atoms with E-state index in [0.717, 1.165) is 16.8 Å². The van der Waals surface area contributed by atoms with E-state index in [9.17, 15) is 4.79 Å². The summed E-state index contributed by atoms with van der Waals surface area (Å²) in [7, 11) is 3.89. The Morgan fingerprint density at radius 1 is 1.14 bits per heavy atom. The smallest absolute Gasteiger partial charge is 0.255 e. The third kappa shape index (κ3) is 3.16. The van der Waals surface area contributed by atoms with E-state index < -0.39 is 0 Å². The summed E-state index contributed by atoms with van der Waals surface area (Å²) in [4.78, 5) is 14.4. The Morgan fingerprint density at radius 3 is 2.52 bits per heavy atom. The van der Waals surface area contributed by atoms with Gasteiger partial charge < -0.3 is 16.0 Å². The molecule has 4 heteroatoms. The van der Waals surface area contributed by atoms with Gasteiger partial charge in [-0.1, -0.05) is 12.1 Å². The number of benzene rings is 2. The zero-order chi connectivity index (χ0) is 15.6. The van der Waals surface area contributed by atoms with E-state index in [4.69, 9.17) is 5.73 Å². The summed E-state index contributed by atoms with van der Waals surface area (Å²) in [5, 5.41) is 2.92. The topological polar surface area (TPSA) is 58.4 Å². The van der Waals surface area contributed by atoms with Gasteiger partial charge >= 0.3 is 0 Å². The van der Waals surface area contributed by atoms with Crippen LogP contribution in [0.1, 0.15) is 21.5 Å². The van der Waals surface area contributed by atoms with Crippen molar-refractivity contribution >= 4 is 23.0 Å². The highest BCUT2D eigenvalue weighted by Gasteiger charge is 2.12. The second-order valence-electron chi connectivity index (χ2n) is 5.37. The number of rotatable bonds is 3. The Morgan fingerprint density at radius 2 is 1.86 bits per heavy atom. The third-order valence-electron chi connectivity index (χ3n) is 3.63. The summed E-state index contributed by atoms with van der Waals surface area (Å²) >= 11 is 0. The number of nitrogens with one attached hydrogen (secondary N) is 1. The van der Waals surface area contributed by atoms with Crippen molar-refractivity contribution in [2.75, 3.05) is 30.0 Å². The number of hydrogen-bond donors (Lipinski definition) is 2. The predicted molar refractivity (Wildman–Crippen MR) is 89.1 cm³/mol. The number of aryl methyl sites for hydroxylation is 1. The zero-order valence-corrected chi connectivity index (χ0v) is 12.9. The largest absolute Gasteiger partial charge is 0.397 e. The lowest BCUT2D eigenvalue weighted by Crippen LogP contribution is -2.16. The first-order valence-electron chi connectivity index (χ1n) is 6.84. The molecule has 0 atom stereocenters. The Labute approximate surface area is 125 Å². The van der Waals surface area contributed by atoms with Crippen LogP contribution in [0, 0.1) is 13.8 Å². The van der Waals surface area contributed by atoms with Crippen LogP contribution in [0.15, 0.2) is 36.4 Å². The highest BCUT2D eigenvalue weighted by molar-refractivity contribution is 6.06. The molecule has 0 unspecified atom stereocenters. The lowest BCUT2D eigenvalue weighted by molar-refractivity contribution is 0.102. The van der Waals surface area contributed by atoms with Gasteiger partial charge in [0, 0.05) is 25.3 Å². The maximum atomic E-state index is 12.4. The van der Waals surface area contributed by atoms with Crippen LogP contribution in [0.3, 0.4) is 0 Å². The molecule has 1 amide bonds. The van der Waals surface area contributed by atoms with E-state index in [2.05, 4.69) is 5.32 Å². The number of nitrogens with zero attached hydrogens (tertiary/aromatic N) is 1. The maximum absolute atomic E-state index is 12.4. The molecule has 2 aromatic carbocycles. The van der Waals surface area contributed by atoms with E-state index in [-0.39, 0.29) is 5.91 Å². The van der Waals surface area contributed by atoms with E-state index in [1.54, 1.807) is 6.07 Å². The summed E-state index contributed by atoms with van der Waals surface area (Å²) in [5.74, 6) is -0.154. The maximum Gasteiger partial charge on any atom is 0.255 e. The standard InChI is InChI=1S/C17H21N3O/c1-11-8-9-15(18)16(12(11)2)19-17(21)13-6-5-7-14(10-13)20(3)4/h5-10H,18H2,1-4H3,(H,19,21). The average molecular weight is 283 g/mol. The number of anilines is 3. The second kappa shape index (κ2) is 5.87. The number of amides is 1. The van der Waals surface area contributed by atoms with E-state index in [0.29, 0.717) is 16.9 Å². The Balaban J connectivity index is 2.31. The molecule has 110 valence electrons. The van der Waals surface area contributed by atoms with Crippen molar-refractivity contribution in [3.63, 3.8) is 0 Å². The van der Waals surface area contributed by atoms with Gasteiger partial charge in [0.15, 0.2) is 0 Å². The molecule has 0 bridgehead atoms. The number of nitrogens with two attached hydrogens (primary N) is 1. The van der Waals surface area contributed by atoms with Crippen molar-refractivity contribution < 1.29 is 4.79 Å². The van der Waals surface area contributed by atoms with Crippen molar-refractivity contribution in [3.05, 3.63) is 53.1 Å². The zero-order valence-electron chi connectivity index (χ0n) is 12.9. The minimum absolute atomic E-state index is 0.154. The Bertz CT molecular complexity index is 678. The molecule has 21 heavy (non-hydrogen) atoms. The third-order valence-corrected chi connectivity index (χ3v) is 3.63. The lowest BCUT2D eigenvalue weighted by atomic mass is 10.1. The minimum Gasteiger partial charge on any atom is -0.397 e. The molecule has 0 spiro atoms. The van der Waals surface area contributed by atoms with Gasteiger partial charge in [-0.05, 0) is 49.2 Å². The summed E-state index contributed by atoms with van der Waals surface area (Å²) in [6, 6.07) is 11.3. The first-order valence-corrected chi connectivity index (χ1v) is 6.84. The molecule has 0 radical (unpaired) electrons. The quantitative estimate of drug-likeness (QED) is 0.850. The molecule has 0 aliphatic heterocycles. The van der Waals surface area contributed by atoms with Crippen LogP contribution in [0.25, 0.3) is 0 Å². The fourth-order valence-electron chi connectivity index (χ4n) is 2.11. The highest BCUT2D eigenvalue weighted by Crippen LogP contribution is 2.26. The molecule has 0 fully saturated rings. The molecule has 4 nitrogen and oxygen atoms in total. The molecule has 0 aliphatic rings. The van der Waals surface area contributed by atoms with Crippen LogP contribution >= 0.6 is 0 Å². The number of hydrogen-bond acceptors (Lipinski definition) is 3. The van der Waals surface area contributed by atoms with E-state index in [1.165, 1.54) is 0 Å². The molecule has 2 aromatic rings. The van der Waals surface area contributed by atoms with Gasteiger partial charge in [0.2, 0.25) is 0 Å². The van der Waals surface area contributed by atoms with Gasteiger partial charge in [0.05, 0.1) is 11.4 Å². The van der Waals surface area contributed by atoms with Gasteiger partial charge in [0.25, 0.3) is 5.91 Å². The first-order chi connectivity index (χ1) is 9.90. The minimum atomic E-state index is -0.154. The summed E-state index contributed by atoms with van der Waals surface area (Å²) in [5.41, 5.74) is 10.9. The molecule has 3 N–H and O–H groups in total. The molecule has 2 rings (SSSR count). The SMILES string of the molecule is Cc1ccc(N)c(NC(=O)c2cccc(N(C)C)c2)c1C. The number of carbonyl (C=O) groups excluding carboxylic acids is 1. The van der Waals surface area contributed by atoms with E-state index in [1.807, 2.05) is 63.2 Å². The fraction of sp³-hybridized carbons (Fsp3) is 0.235. The molecule has 0 saturated heterocycles. The number of carbonyl (C=O) groups is 1. The van der Waals surface area contributed by atoms with Crippen LogP contribution in [0.5, 0.6) is 0 Å². The predicted octanol–water partition coefficient (Wildman–Crippen LogP) is 3.20. The van der Waals surface area contributed by atoms with Crippen molar-refractivity contribution in [3.8, 4) is 0 Å². The molecule has 0 aliphatic carbocycles. The van der Waals surface area contributed by atoms with Crippen molar-refractivity contribution in [2.24, 2.45) is 0 Å². The van der Waals surface area contributed by atoms with Crippen LogP contribution in [-0.2, 0) is 0 Å². The summed E-state index contributed by atoms with van der Waals surface area (Å²) < 4.78 is 0. The molecule has 0 heterocycles. The summed E-state index contributed by atoms with van der Waals surface area (Å²) in [6.45, 7) is 3.95. The Hall–Kier alpha value is -2.49. The van der Waals surface area contributed by atoms with Crippen molar-refractivity contribution in [1.82, 2.24) is 0 Å². The summed E-state index contributed by atoms with van der Waals surface area (Å²) in [6.07, 6.45) is 0. The normalized spacial score (nSPS) is 10.3. The van der Waals surface area contributed by atoms with Crippen LogP contribution in [-0.4, -0.2) is 20.0 Å². The van der Waals surface area contributed by atoms with Gasteiger partial charge in [0.1, 0.15) is 0 Å². The van der Waals surface area contributed by atoms with Gasteiger partial charge in [-0.25, -0.2) is 0 Å². The van der Waals surface area contributed by atoms with Crippen molar-refractivity contribution in [1.29, 1.82) is 0 Å². The van der Waals surface area contributed by atoms with Crippen LogP contribution in [0.4, 0.5) is 17.1 Å². The first kappa shape index (κ1) is 14.9. The van der Waals surface area contributed by atoms with Gasteiger partial charge in [-0.15, -0.1) is 0 Å². The molecule has 0 aromatic heterocycles. The number of nitrogen functional groups attached to an aromatic ring is 1. The second-order valence-corrected chi connectivity index (χ2v) is 5.37. The highest BCUT2D eigenvalue weighted by atomic mass is 16.1.